The zero-order valence-corrected chi connectivity index (χ0v) is 12.4. The third kappa shape index (κ3) is 2.69. The van der Waals surface area contributed by atoms with E-state index in [-0.39, 0.29) is 5.91 Å². The number of aryl methyl sites for hydroxylation is 2. The Balaban J connectivity index is 2.28. The summed E-state index contributed by atoms with van der Waals surface area (Å²) in [5.74, 6) is -0.0857. The SMILES string of the molecule is Cc1cnccc1NC(=O)c1cccc(C)c1I. The minimum Gasteiger partial charge on any atom is -0.322 e. The molecule has 0 atom stereocenters. The molecule has 0 bridgehead atoms. The third-order valence-corrected chi connectivity index (χ3v) is 4.14. The van der Waals surface area contributed by atoms with Gasteiger partial charge in [0.1, 0.15) is 0 Å². The van der Waals surface area contributed by atoms with Crippen molar-refractivity contribution in [2.24, 2.45) is 0 Å². The number of benzene rings is 1. The lowest BCUT2D eigenvalue weighted by Gasteiger charge is -2.10. The summed E-state index contributed by atoms with van der Waals surface area (Å²) in [6, 6.07) is 7.53. The fraction of sp³-hybridized carbons (Fsp3) is 0.143. The van der Waals surface area contributed by atoms with E-state index in [0.29, 0.717) is 5.56 Å². The highest BCUT2D eigenvalue weighted by atomic mass is 127. The van der Waals surface area contributed by atoms with Crippen molar-refractivity contribution in [2.75, 3.05) is 5.32 Å². The maximum absolute atomic E-state index is 12.2. The Bertz CT molecular complexity index is 596. The number of nitrogens with one attached hydrogen (secondary N) is 1. The normalized spacial score (nSPS) is 10.2. The van der Waals surface area contributed by atoms with Crippen LogP contribution in [0.2, 0.25) is 0 Å². The van der Waals surface area contributed by atoms with Gasteiger partial charge in [0.15, 0.2) is 0 Å². The van der Waals surface area contributed by atoms with Gasteiger partial charge in [0.05, 0.1) is 5.56 Å². The number of hydrogen-bond acceptors (Lipinski definition) is 2. The molecule has 4 heteroatoms. The number of carbonyl (C=O) groups is 1. The average Bonchev–Trinajstić information content (AvgIpc) is 2.35. The summed E-state index contributed by atoms with van der Waals surface area (Å²) in [5, 5.41) is 2.91. The Morgan fingerprint density at radius 3 is 2.72 bits per heavy atom. The molecule has 0 saturated heterocycles. The molecule has 1 amide bonds. The van der Waals surface area contributed by atoms with Crippen LogP contribution in [0.1, 0.15) is 21.5 Å². The molecule has 0 saturated carbocycles. The van der Waals surface area contributed by atoms with E-state index < -0.39 is 0 Å². The molecule has 1 aromatic carbocycles. The van der Waals surface area contributed by atoms with Crippen molar-refractivity contribution < 1.29 is 4.79 Å². The molecular formula is C14H13IN2O. The Morgan fingerprint density at radius 1 is 1.22 bits per heavy atom. The summed E-state index contributed by atoms with van der Waals surface area (Å²) in [6.07, 6.45) is 3.40. The van der Waals surface area contributed by atoms with Crippen molar-refractivity contribution in [1.82, 2.24) is 4.98 Å². The van der Waals surface area contributed by atoms with Crippen LogP contribution < -0.4 is 5.32 Å². The molecule has 92 valence electrons. The molecule has 0 fully saturated rings. The van der Waals surface area contributed by atoms with Gasteiger partial charge < -0.3 is 5.32 Å². The van der Waals surface area contributed by atoms with E-state index in [0.717, 1.165) is 20.4 Å². The van der Waals surface area contributed by atoms with Crippen LogP contribution in [-0.4, -0.2) is 10.9 Å². The van der Waals surface area contributed by atoms with Crippen LogP contribution in [0.4, 0.5) is 5.69 Å². The summed E-state index contributed by atoms with van der Waals surface area (Å²) < 4.78 is 0.985. The predicted octanol–water partition coefficient (Wildman–Crippen LogP) is 3.56. The van der Waals surface area contributed by atoms with E-state index in [1.54, 1.807) is 18.5 Å². The predicted molar refractivity (Wildman–Crippen MR) is 80.8 cm³/mol. The molecule has 2 rings (SSSR count). The second kappa shape index (κ2) is 5.48. The zero-order valence-electron chi connectivity index (χ0n) is 10.2. The van der Waals surface area contributed by atoms with Gasteiger partial charge in [-0.2, -0.15) is 0 Å². The summed E-state index contributed by atoms with van der Waals surface area (Å²) >= 11 is 2.20. The van der Waals surface area contributed by atoms with Crippen molar-refractivity contribution in [2.45, 2.75) is 13.8 Å². The van der Waals surface area contributed by atoms with Crippen LogP contribution >= 0.6 is 22.6 Å². The first-order valence-corrected chi connectivity index (χ1v) is 6.64. The average molecular weight is 352 g/mol. The van der Waals surface area contributed by atoms with Crippen LogP contribution in [0.15, 0.2) is 36.7 Å². The van der Waals surface area contributed by atoms with Gasteiger partial charge >= 0.3 is 0 Å². The molecule has 0 spiro atoms. The van der Waals surface area contributed by atoms with Crippen LogP contribution in [0.5, 0.6) is 0 Å². The molecule has 1 heterocycles. The highest BCUT2D eigenvalue weighted by Crippen LogP contribution is 2.19. The Hall–Kier alpha value is -1.43. The molecule has 1 aromatic heterocycles. The lowest BCUT2D eigenvalue weighted by Crippen LogP contribution is -2.14. The summed E-state index contributed by atoms with van der Waals surface area (Å²) in [7, 11) is 0. The second-order valence-electron chi connectivity index (χ2n) is 4.08. The topological polar surface area (TPSA) is 42.0 Å². The van der Waals surface area contributed by atoms with Gasteiger partial charge in [-0.15, -0.1) is 0 Å². The number of halogens is 1. The van der Waals surface area contributed by atoms with Gasteiger partial charge in [-0.05, 0) is 59.7 Å². The van der Waals surface area contributed by atoms with Gasteiger partial charge in [-0.1, -0.05) is 12.1 Å². The molecule has 0 aliphatic carbocycles. The van der Waals surface area contributed by atoms with Crippen molar-refractivity contribution in [3.05, 3.63) is 56.9 Å². The largest absolute Gasteiger partial charge is 0.322 e. The molecular weight excluding hydrogens is 339 g/mol. The van der Waals surface area contributed by atoms with Crippen molar-refractivity contribution in [1.29, 1.82) is 0 Å². The molecule has 0 unspecified atom stereocenters. The number of rotatable bonds is 2. The lowest BCUT2D eigenvalue weighted by molar-refractivity contribution is 0.102. The number of carbonyl (C=O) groups excluding carboxylic acids is 1. The molecule has 3 nitrogen and oxygen atoms in total. The molecule has 1 N–H and O–H groups in total. The summed E-state index contributed by atoms with van der Waals surface area (Å²) in [4.78, 5) is 16.2. The van der Waals surface area contributed by atoms with Gasteiger partial charge in [0.2, 0.25) is 0 Å². The molecule has 0 radical (unpaired) electrons. The second-order valence-corrected chi connectivity index (χ2v) is 5.16. The Morgan fingerprint density at radius 2 is 2.00 bits per heavy atom. The minimum atomic E-state index is -0.0857. The minimum absolute atomic E-state index is 0.0857. The van der Waals surface area contributed by atoms with Gasteiger partial charge in [0, 0.05) is 21.7 Å². The smallest absolute Gasteiger partial charge is 0.256 e. The zero-order chi connectivity index (χ0) is 13.1. The van der Waals surface area contributed by atoms with Crippen LogP contribution in [-0.2, 0) is 0 Å². The standard InChI is InChI=1S/C14H13IN2O/c1-9-4-3-5-11(13(9)15)14(18)17-12-6-7-16-8-10(12)2/h3-8H,1-2H3,(H,16,17,18). The highest BCUT2D eigenvalue weighted by molar-refractivity contribution is 14.1. The molecule has 2 aromatic rings. The number of pyridine rings is 1. The molecule has 18 heavy (non-hydrogen) atoms. The fourth-order valence-electron chi connectivity index (χ4n) is 1.63. The first-order valence-electron chi connectivity index (χ1n) is 5.56. The highest BCUT2D eigenvalue weighted by Gasteiger charge is 2.12. The molecule has 0 aliphatic heterocycles. The Kier molecular flexibility index (Phi) is 3.96. The monoisotopic (exact) mass is 352 g/mol. The maximum Gasteiger partial charge on any atom is 0.256 e. The van der Waals surface area contributed by atoms with E-state index in [9.17, 15) is 4.79 Å². The van der Waals surface area contributed by atoms with Gasteiger partial charge in [-0.3, -0.25) is 9.78 Å². The third-order valence-electron chi connectivity index (χ3n) is 2.70. The Labute approximate surface area is 120 Å². The van der Waals surface area contributed by atoms with Crippen molar-refractivity contribution in [3.63, 3.8) is 0 Å². The first kappa shape index (κ1) is 13.0. The van der Waals surface area contributed by atoms with E-state index in [1.807, 2.05) is 32.0 Å². The van der Waals surface area contributed by atoms with Crippen molar-refractivity contribution >= 4 is 34.2 Å². The van der Waals surface area contributed by atoms with Crippen LogP contribution in [0, 0.1) is 17.4 Å². The van der Waals surface area contributed by atoms with E-state index in [2.05, 4.69) is 32.9 Å². The van der Waals surface area contributed by atoms with Crippen LogP contribution in [0.25, 0.3) is 0 Å². The quantitative estimate of drug-likeness (QED) is 0.840. The number of anilines is 1. The summed E-state index contributed by atoms with van der Waals surface area (Å²) in [5.41, 5.74) is 3.56. The number of hydrogen-bond donors (Lipinski definition) is 1. The van der Waals surface area contributed by atoms with Gasteiger partial charge in [-0.25, -0.2) is 0 Å². The number of aromatic nitrogens is 1. The van der Waals surface area contributed by atoms with E-state index in [4.69, 9.17) is 0 Å². The number of amides is 1. The lowest BCUT2D eigenvalue weighted by atomic mass is 10.1. The first-order chi connectivity index (χ1) is 8.59. The maximum atomic E-state index is 12.2. The van der Waals surface area contributed by atoms with E-state index in [1.165, 1.54) is 0 Å². The van der Waals surface area contributed by atoms with E-state index >= 15 is 0 Å². The molecule has 0 aliphatic rings. The number of nitrogens with zero attached hydrogens (tertiary/aromatic N) is 1. The fourth-order valence-corrected chi connectivity index (χ4v) is 2.23. The van der Waals surface area contributed by atoms with Gasteiger partial charge in [0.25, 0.3) is 5.91 Å². The van der Waals surface area contributed by atoms with Crippen molar-refractivity contribution in [3.8, 4) is 0 Å². The summed E-state index contributed by atoms with van der Waals surface area (Å²) in [6.45, 7) is 3.92. The van der Waals surface area contributed by atoms with Crippen LogP contribution in [0.3, 0.4) is 0 Å².